The van der Waals surface area contributed by atoms with Crippen LogP contribution in [0.25, 0.3) is 0 Å². The Kier molecular flexibility index (Phi) is 2.13. The molecule has 1 aliphatic heterocycles. The summed E-state index contributed by atoms with van der Waals surface area (Å²) in [5.41, 5.74) is 0.616. The van der Waals surface area contributed by atoms with Gasteiger partial charge < -0.3 is 10.6 Å². The van der Waals surface area contributed by atoms with Gasteiger partial charge in [-0.25, -0.2) is 0 Å². The Morgan fingerprint density at radius 2 is 2.08 bits per heavy atom. The third kappa shape index (κ3) is 1.80. The van der Waals surface area contributed by atoms with E-state index in [0.29, 0.717) is 5.41 Å². The summed E-state index contributed by atoms with van der Waals surface area (Å²) in [4.78, 5) is 0. The maximum absolute atomic E-state index is 3.61. The van der Waals surface area contributed by atoms with Crippen LogP contribution < -0.4 is 10.6 Å². The Morgan fingerprint density at radius 3 is 2.50 bits per heavy atom. The van der Waals surface area contributed by atoms with Crippen LogP contribution in [0.15, 0.2) is 0 Å². The molecule has 70 valence electrons. The van der Waals surface area contributed by atoms with Gasteiger partial charge in [0.25, 0.3) is 0 Å². The molecule has 2 nitrogen and oxygen atoms in total. The zero-order valence-corrected chi connectivity index (χ0v) is 8.19. The molecule has 2 N–H and O–H groups in total. The molecule has 0 aromatic heterocycles. The van der Waals surface area contributed by atoms with Crippen LogP contribution in [0, 0.1) is 5.41 Å². The highest BCUT2D eigenvalue weighted by Crippen LogP contribution is 2.39. The summed E-state index contributed by atoms with van der Waals surface area (Å²) in [6, 6.07) is 1.58. The first-order valence-electron chi connectivity index (χ1n) is 5.12. The average Bonchev–Trinajstić information content (AvgIpc) is 1.79. The Morgan fingerprint density at radius 1 is 1.42 bits per heavy atom. The van der Waals surface area contributed by atoms with Gasteiger partial charge in [-0.05, 0) is 31.2 Å². The van der Waals surface area contributed by atoms with E-state index >= 15 is 0 Å². The van der Waals surface area contributed by atoms with E-state index in [1.54, 1.807) is 0 Å². The summed E-state index contributed by atoms with van der Waals surface area (Å²) in [5, 5.41) is 7.02. The third-order valence-corrected chi connectivity index (χ3v) is 3.18. The number of rotatable bonds is 3. The second kappa shape index (κ2) is 3.00. The van der Waals surface area contributed by atoms with Gasteiger partial charge >= 0.3 is 0 Å². The SMILES string of the molecule is CC1(C)CC(NCC2CCN2)C1. The normalized spacial score (nSPS) is 34.0. The van der Waals surface area contributed by atoms with E-state index in [1.807, 2.05) is 0 Å². The Balaban J connectivity index is 1.57. The fraction of sp³-hybridized carbons (Fsp3) is 1.00. The molecule has 1 saturated carbocycles. The van der Waals surface area contributed by atoms with Crippen molar-refractivity contribution >= 4 is 0 Å². The van der Waals surface area contributed by atoms with Gasteiger partial charge in [-0.3, -0.25) is 0 Å². The predicted molar refractivity (Wildman–Crippen MR) is 51.2 cm³/mol. The van der Waals surface area contributed by atoms with Crippen LogP contribution in [0.1, 0.15) is 33.1 Å². The standard InChI is InChI=1S/C10H20N2/c1-10(2)5-9(6-10)12-7-8-3-4-11-8/h8-9,11-12H,3-7H2,1-2H3. The molecule has 0 amide bonds. The molecule has 2 aliphatic rings. The van der Waals surface area contributed by atoms with Crippen LogP contribution in [0.2, 0.25) is 0 Å². The van der Waals surface area contributed by atoms with Gasteiger partial charge in [-0.15, -0.1) is 0 Å². The van der Waals surface area contributed by atoms with Crippen LogP contribution in [0.4, 0.5) is 0 Å². The van der Waals surface area contributed by atoms with E-state index in [1.165, 1.54) is 32.4 Å². The van der Waals surface area contributed by atoms with Crippen LogP contribution in [0.3, 0.4) is 0 Å². The van der Waals surface area contributed by atoms with Crippen molar-refractivity contribution < 1.29 is 0 Å². The van der Waals surface area contributed by atoms with Crippen molar-refractivity contribution in [3.05, 3.63) is 0 Å². The van der Waals surface area contributed by atoms with Crippen LogP contribution >= 0.6 is 0 Å². The van der Waals surface area contributed by atoms with E-state index in [-0.39, 0.29) is 0 Å². The van der Waals surface area contributed by atoms with Gasteiger partial charge in [0.05, 0.1) is 0 Å². The second-order valence-electron chi connectivity index (χ2n) is 5.12. The molecule has 12 heavy (non-hydrogen) atoms. The quantitative estimate of drug-likeness (QED) is 0.660. The lowest BCUT2D eigenvalue weighted by atomic mass is 9.68. The number of nitrogens with one attached hydrogen (secondary N) is 2. The van der Waals surface area contributed by atoms with E-state index < -0.39 is 0 Å². The average molecular weight is 168 g/mol. The molecule has 0 aromatic rings. The van der Waals surface area contributed by atoms with Gasteiger partial charge in [-0.1, -0.05) is 13.8 Å². The summed E-state index contributed by atoms with van der Waals surface area (Å²) in [6.07, 6.45) is 4.09. The van der Waals surface area contributed by atoms with E-state index in [4.69, 9.17) is 0 Å². The van der Waals surface area contributed by atoms with Gasteiger partial charge in [0.15, 0.2) is 0 Å². The highest BCUT2D eigenvalue weighted by molar-refractivity contribution is 4.93. The second-order valence-corrected chi connectivity index (χ2v) is 5.12. The Labute approximate surface area is 75.1 Å². The molecular weight excluding hydrogens is 148 g/mol. The summed E-state index contributed by atoms with van der Waals surface area (Å²) < 4.78 is 0. The lowest BCUT2D eigenvalue weighted by Crippen LogP contribution is -2.54. The van der Waals surface area contributed by atoms with Crippen molar-refractivity contribution in [2.45, 2.75) is 45.2 Å². The first kappa shape index (κ1) is 8.52. The van der Waals surface area contributed by atoms with Crippen molar-refractivity contribution in [2.24, 2.45) is 5.41 Å². The van der Waals surface area contributed by atoms with Gasteiger partial charge in [0.1, 0.15) is 0 Å². The molecule has 1 atom stereocenters. The minimum absolute atomic E-state index is 0.616. The monoisotopic (exact) mass is 168 g/mol. The molecule has 1 saturated heterocycles. The van der Waals surface area contributed by atoms with Crippen molar-refractivity contribution in [3.8, 4) is 0 Å². The molecule has 2 rings (SSSR count). The molecule has 1 aliphatic carbocycles. The van der Waals surface area contributed by atoms with Crippen LogP contribution in [-0.2, 0) is 0 Å². The zero-order valence-electron chi connectivity index (χ0n) is 8.19. The summed E-state index contributed by atoms with van der Waals surface area (Å²) in [5.74, 6) is 0. The topological polar surface area (TPSA) is 24.1 Å². The van der Waals surface area contributed by atoms with Gasteiger partial charge in [-0.2, -0.15) is 0 Å². The zero-order chi connectivity index (χ0) is 8.60. The Bertz CT molecular complexity index is 153. The molecule has 1 heterocycles. The largest absolute Gasteiger partial charge is 0.313 e. The lowest BCUT2D eigenvalue weighted by molar-refractivity contribution is 0.121. The Hall–Kier alpha value is -0.0800. The van der Waals surface area contributed by atoms with Crippen LogP contribution in [-0.4, -0.2) is 25.2 Å². The molecule has 0 radical (unpaired) electrons. The smallest absolute Gasteiger partial charge is 0.0204 e. The van der Waals surface area contributed by atoms with Crippen molar-refractivity contribution in [1.29, 1.82) is 0 Å². The summed E-state index contributed by atoms with van der Waals surface area (Å²) in [7, 11) is 0. The molecule has 2 heteroatoms. The first-order chi connectivity index (χ1) is 5.66. The summed E-state index contributed by atoms with van der Waals surface area (Å²) in [6.45, 7) is 7.11. The number of hydrogen-bond donors (Lipinski definition) is 2. The third-order valence-electron chi connectivity index (χ3n) is 3.18. The minimum Gasteiger partial charge on any atom is -0.313 e. The maximum atomic E-state index is 3.61. The first-order valence-corrected chi connectivity index (χ1v) is 5.12. The van der Waals surface area contributed by atoms with Gasteiger partial charge in [0.2, 0.25) is 0 Å². The lowest BCUT2D eigenvalue weighted by Gasteiger charge is -2.44. The predicted octanol–water partition coefficient (Wildman–Crippen LogP) is 1.13. The maximum Gasteiger partial charge on any atom is 0.0204 e. The molecule has 1 unspecified atom stereocenters. The fourth-order valence-electron chi connectivity index (χ4n) is 2.25. The highest BCUT2D eigenvalue weighted by Gasteiger charge is 2.35. The molecule has 0 aromatic carbocycles. The summed E-state index contributed by atoms with van der Waals surface area (Å²) >= 11 is 0. The molecule has 2 fully saturated rings. The molecule has 0 spiro atoms. The van der Waals surface area contributed by atoms with Crippen molar-refractivity contribution in [3.63, 3.8) is 0 Å². The molecule has 0 bridgehead atoms. The van der Waals surface area contributed by atoms with E-state index in [2.05, 4.69) is 24.5 Å². The van der Waals surface area contributed by atoms with Gasteiger partial charge in [0, 0.05) is 18.6 Å². The van der Waals surface area contributed by atoms with E-state index in [0.717, 1.165) is 12.1 Å². The molecular formula is C10H20N2. The fourth-order valence-corrected chi connectivity index (χ4v) is 2.25. The van der Waals surface area contributed by atoms with Crippen molar-refractivity contribution in [1.82, 2.24) is 10.6 Å². The van der Waals surface area contributed by atoms with Crippen LogP contribution in [0.5, 0.6) is 0 Å². The van der Waals surface area contributed by atoms with Crippen molar-refractivity contribution in [2.75, 3.05) is 13.1 Å². The number of hydrogen-bond acceptors (Lipinski definition) is 2. The van der Waals surface area contributed by atoms with E-state index in [9.17, 15) is 0 Å². The highest BCUT2D eigenvalue weighted by atomic mass is 15.1. The minimum atomic E-state index is 0.616.